The molecule has 0 aliphatic heterocycles. The average Bonchev–Trinajstić information content (AvgIpc) is 3.03. The van der Waals surface area contributed by atoms with E-state index in [4.69, 9.17) is 10.5 Å². The number of benzene rings is 2. The summed E-state index contributed by atoms with van der Waals surface area (Å²) >= 11 is 0. The number of carbonyl (C=O) groups excluding carboxylic acids is 2. The van der Waals surface area contributed by atoms with Gasteiger partial charge in [-0.3, -0.25) is 9.59 Å². The number of aromatic nitrogens is 1. The summed E-state index contributed by atoms with van der Waals surface area (Å²) in [5, 5.41) is 3.91. The molecule has 0 aliphatic carbocycles. The van der Waals surface area contributed by atoms with Gasteiger partial charge in [-0.05, 0) is 36.2 Å². The summed E-state index contributed by atoms with van der Waals surface area (Å²) in [6.45, 7) is 0. The van der Waals surface area contributed by atoms with E-state index in [1.807, 2.05) is 30.5 Å². The number of hydrogen-bond acceptors (Lipinski definition) is 3. The van der Waals surface area contributed by atoms with E-state index < -0.39 is 5.91 Å². The first kappa shape index (κ1) is 16.6. The van der Waals surface area contributed by atoms with Gasteiger partial charge in [0.2, 0.25) is 5.91 Å². The summed E-state index contributed by atoms with van der Waals surface area (Å²) < 4.78 is 5.09. The number of fused-ring (bicyclic) bond motifs is 1. The van der Waals surface area contributed by atoms with Crippen molar-refractivity contribution in [1.82, 2.24) is 4.98 Å². The molecule has 3 aromatic rings. The highest BCUT2D eigenvalue weighted by atomic mass is 16.5. The molecule has 2 aromatic carbocycles. The van der Waals surface area contributed by atoms with Crippen LogP contribution in [0, 0.1) is 0 Å². The molecule has 0 atom stereocenters. The second kappa shape index (κ2) is 7.09. The third kappa shape index (κ3) is 3.63. The molecule has 0 unspecified atom stereocenters. The molecule has 6 nitrogen and oxygen atoms in total. The number of amides is 2. The van der Waals surface area contributed by atoms with E-state index in [0.29, 0.717) is 24.3 Å². The number of hydrogen-bond donors (Lipinski definition) is 3. The Balaban J connectivity index is 1.66. The maximum atomic E-state index is 12.2. The number of nitrogens with two attached hydrogens (primary N) is 1. The van der Waals surface area contributed by atoms with Crippen molar-refractivity contribution in [3.63, 3.8) is 0 Å². The molecule has 0 aliphatic rings. The van der Waals surface area contributed by atoms with Crippen LogP contribution in [0.25, 0.3) is 10.9 Å². The van der Waals surface area contributed by atoms with E-state index in [1.165, 1.54) is 13.2 Å². The number of aromatic amines is 1. The molecular formula is C19H19N3O3. The summed E-state index contributed by atoms with van der Waals surface area (Å²) in [5.74, 6) is -0.359. The van der Waals surface area contributed by atoms with E-state index >= 15 is 0 Å². The van der Waals surface area contributed by atoms with Gasteiger partial charge in [0.25, 0.3) is 5.91 Å². The van der Waals surface area contributed by atoms with Crippen LogP contribution in [0.5, 0.6) is 5.75 Å². The van der Waals surface area contributed by atoms with Crippen molar-refractivity contribution in [1.29, 1.82) is 0 Å². The van der Waals surface area contributed by atoms with E-state index in [2.05, 4.69) is 10.3 Å². The van der Waals surface area contributed by atoms with Crippen molar-refractivity contribution < 1.29 is 14.3 Å². The predicted octanol–water partition coefficient (Wildman–Crippen LogP) is 2.85. The van der Waals surface area contributed by atoms with E-state index in [-0.39, 0.29) is 11.5 Å². The van der Waals surface area contributed by atoms with E-state index in [9.17, 15) is 9.59 Å². The molecule has 1 heterocycles. The first-order chi connectivity index (χ1) is 12.1. The molecule has 4 N–H and O–H groups in total. The van der Waals surface area contributed by atoms with Gasteiger partial charge in [0, 0.05) is 29.2 Å². The van der Waals surface area contributed by atoms with Gasteiger partial charge in [0.05, 0.1) is 12.7 Å². The number of methoxy groups -OCH3 is 1. The fourth-order valence-electron chi connectivity index (χ4n) is 2.79. The lowest BCUT2D eigenvalue weighted by molar-refractivity contribution is -0.116. The number of anilines is 1. The monoisotopic (exact) mass is 337 g/mol. The van der Waals surface area contributed by atoms with Crippen LogP contribution in [0.1, 0.15) is 22.3 Å². The van der Waals surface area contributed by atoms with E-state index in [0.717, 1.165) is 16.5 Å². The molecular weight excluding hydrogens is 318 g/mol. The Bertz CT molecular complexity index is 931. The number of ether oxygens (including phenoxy) is 1. The lowest BCUT2D eigenvalue weighted by Gasteiger charge is -2.09. The highest BCUT2D eigenvalue weighted by Gasteiger charge is 2.12. The number of nitrogens with one attached hydrogen (secondary N) is 2. The average molecular weight is 337 g/mol. The molecule has 6 heteroatoms. The van der Waals surface area contributed by atoms with Gasteiger partial charge < -0.3 is 20.8 Å². The zero-order valence-corrected chi connectivity index (χ0v) is 13.8. The van der Waals surface area contributed by atoms with Gasteiger partial charge in [-0.1, -0.05) is 18.2 Å². The molecule has 3 rings (SSSR count). The maximum Gasteiger partial charge on any atom is 0.252 e. The molecule has 0 saturated heterocycles. The third-order valence-corrected chi connectivity index (χ3v) is 4.05. The minimum absolute atomic E-state index is 0.133. The van der Waals surface area contributed by atoms with Crippen LogP contribution < -0.4 is 15.8 Å². The number of aryl methyl sites for hydroxylation is 1. The van der Waals surface area contributed by atoms with Gasteiger partial charge >= 0.3 is 0 Å². The zero-order chi connectivity index (χ0) is 17.8. The summed E-state index contributed by atoms with van der Waals surface area (Å²) in [6, 6.07) is 12.8. The second-order valence-corrected chi connectivity index (χ2v) is 5.69. The molecule has 0 radical (unpaired) electrons. The highest BCUT2D eigenvalue weighted by Crippen LogP contribution is 2.23. The molecule has 25 heavy (non-hydrogen) atoms. The summed E-state index contributed by atoms with van der Waals surface area (Å²) in [6.07, 6.45) is 2.88. The zero-order valence-electron chi connectivity index (χ0n) is 13.8. The van der Waals surface area contributed by atoms with Gasteiger partial charge in [0.1, 0.15) is 5.75 Å². The van der Waals surface area contributed by atoms with Gasteiger partial charge in [0.15, 0.2) is 0 Å². The van der Waals surface area contributed by atoms with Crippen LogP contribution in [0.3, 0.4) is 0 Å². The van der Waals surface area contributed by atoms with Crippen molar-refractivity contribution in [2.24, 2.45) is 5.73 Å². The normalized spacial score (nSPS) is 10.6. The van der Waals surface area contributed by atoms with Gasteiger partial charge in [-0.2, -0.15) is 0 Å². The fourth-order valence-corrected chi connectivity index (χ4v) is 2.79. The lowest BCUT2D eigenvalue weighted by Crippen LogP contribution is -2.15. The fraction of sp³-hybridized carbons (Fsp3) is 0.158. The van der Waals surface area contributed by atoms with Crippen LogP contribution in [0.4, 0.5) is 5.69 Å². The molecule has 0 bridgehead atoms. The standard InChI is InChI=1S/C19H19N3O3/c1-25-17-8-7-13(10-15(17)19(20)24)22-18(23)9-6-12-11-21-16-5-3-2-4-14(12)16/h2-5,7-8,10-11,21H,6,9H2,1H3,(H2,20,24)(H,22,23). The first-order valence-corrected chi connectivity index (χ1v) is 7.91. The summed E-state index contributed by atoms with van der Waals surface area (Å²) in [4.78, 5) is 26.9. The molecule has 2 amide bonds. The smallest absolute Gasteiger partial charge is 0.252 e. The largest absolute Gasteiger partial charge is 0.496 e. The summed E-state index contributed by atoms with van der Waals surface area (Å²) in [5.41, 5.74) is 8.23. The van der Waals surface area contributed by atoms with Crippen LogP contribution in [0.2, 0.25) is 0 Å². The van der Waals surface area contributed by atoms with Crippen LogP contribution in [0.15, 0.2) is 48.7 Å². The minimum Gasteiger partial charge on any atom is -0.496 e. The van der Waals surface area contributed by atoms with E-state index in [1.54, 1.807) is 12.1 Å². The Labute approximate surface area is 145 Å². The number of rotatable bonds is 6. The Hall–Kier alpha value is -3.28. The predicted molar refractivity (Wildman–Crippen MR) is 96.8 cm³/mol. The molecule has 0 fully saturated rings. The number of primary amides is 1. The van der Waals surface area contributed by atoms with Crippen LogP contribution in [-0.2, 0) is 11.2 Å². The van der Waals surface area contributed by atoms with Crippen molar-refractivity contribution in [2.45, 2.75) is 12.8 Å². The highest BCUT2D eigenvalue weighted by molar-refractivity contribution is 5.98. The Morgan fingerprint density at radius 1 is 1.20 bits per heavy atom. The SMILES string of the molecule is COc1ccc(NC(=O)CCc2c[nH]c3ccccc23)cc1C(N)=O. The third-order valence-electron chi connectivity index (χ3n) is 4.05. The van der Waals surface area contributed by atoms with Gasteiger partial charge in [-0.25, -0.2) is 0 Å². The molecule has 1 aromatic heterocycles. The van der Waals surface area contributed by atoms with Crippen molar-refractivity contribution >= 4 is 28.4 Å². The minimum atomic E-state index is -0.605. The van der Waals surface area contributed by atoms with Crippen molar-refractivity contribution in [3.8, 4) is 5.75 Å². The number of para-hydroxylation sites is 1. The van der Waals surface area contributed by atoms with Gasteiger partial charge in [-0.15, -0.1) is 0 Å². The van der Waals surface area contributed by atoms with Crippen LogP contribution >= 0.6 is 0 Å². The quantitative estimate of drug-likeness (QED) is 0.645. The molecule has 0 saturated carbocycles. The topological polar surface area (TPSA) is 97.2 Å². The Kier molecular flexibility index (Phi) is 4.70. The molecule has 0 spiro atoms. The second-order valence-electron chi connectivity index (χ2n) is 5.69. The van der Waals surface area contributed by atoms with Crippen LogP contribution in [-0.4, -0.2) is 23.9 Å². The summed E-state index contributed by atoms with van der Waals surface area (Å²) in [7, 11) is 1.46. The molecule has 128 valence electrons. The maximum absolute atomic E-state index is 12.2. The van der Waals surface area contributed by atoms with Crippen molar-refractivity contribution in [3.05, 3.63) is 59.8 Å². The van der Waals surface area contributed by atoms with Crippen molar-refractivity contribution in [2.75, 3.05) is 12.4 Å². The number of carbonyl (C=O) groups is 2. The number of H-pyrrole nitrogens is 1. The lowest BCUT2D eigenvalue weighted by atomic mass is 10.1. The Morgan fingerprint density at radius 2 is 2.00 bits per heavy atom. The Morgan fingerprint density at radius 3 is 2.76 bits per heavy atom. The first-order valence-electron chi connectivity index (χ1n) is 7.91.